The van der Waals surface area contributed by atoms with Gasteiger partial charge in [-0.1, -0.05) is 12.1 Å². The lowest BCUT2D eigenvalue weighted by Gasteiger charge is -2.19. The number of benzene rings is 1. The maximum atomic E-state index is 12.6. The van der Waals surface area contributed by atoms with Crippen LogP contribution in [0, 0.1) is 0 Å². The minimum absolute atomic E-state index is 0.191. The number of carbonyl (C=O) groups excluding carboxylic acids is 1. The maximum Gasteiger partial charge on any atom is 0.416 e. The molecule has 0 aliphatic carbocycles. The molecule has 0 bridgehead atoms. The van der Waals surface area contributed by atoms with Crippen LogP contribution in [0.25, 0.3) is 0 Å². The molecule has 0 saturated heterocycles. The van der Waals surface area contributed by atoms with Gasteiger partial charge in [0.1, 0.15) is 0 Å². The Kier molecular flexibility index (Phi) is 6.02. The first-order valence-electron chi connectivity index (χ1n) is 6.47. The van der Waals surface area contributed by atoms with Crippen LogP contribution in [0.15, 0.2) is 24.3 Å². The van der Waals surface area contributed by atoms with Gasteiger partial charge in [-0.25, -0.2) is 4.79 Å². The van der Waals surface area contributed by atoms with E-state index >= 15 is 0 Å². The van der Waals surface area contributed by atoms with Crippen molar-refractivity contribution < 1.29 is 22.7 Å². The van der Waals surface area contributed by atoms with Crippen molar-refractivity contribution in [2.75, 3.05) is 13.7 Å². The Bertz CT molecular complexity index is 478. The van der Waals surface area contributed by atoms with Crippen LogP contribution < -0.4 is 10.6 Å². The fourth-order valence-electron chi connectivity index (χ4n) is 1.82. The Labute approximate surface area is 121 Å². The molecule has 21 heavy (non-hydrogen) atoms. The zero-order valence-electron chi connectivity index (χ0n) is 12.1. The van der Waals surface area contributed by atoms with Crippen molar-refractivity contribution in [2.24, 2.45) is 0 Å². The van der Waals surface area contributed by atoms with Gasteiger partial charge in [0.2, 0.25) is 0 Å². The van der Waals surface area contributed by atoms with Gasteiger partial charge in [0.05, 0.1) is 24.3 Å². The van der Waals surface area contributed by atoms with Crippen molar-refractivity contribution in [3.63, 3.8) is 0 Å². The molecule has 2 amide bonds. The second-order valence-electron chi connectivity index (χ2n) is 4.82. The summed E-state index contributed by atoms with van der Waals surface area (Å²) in [7, 11) is 1.52. The van der Waals surface area contributed by atoms with Crippen LogP contribution in [0.3, 0.4) is 0 Å². The van der Waals surface area contributed by atoms with E-state index in [1.807, 2.05) is 0 Å². The number of urea groups is 1. The molecular formula is C14H19F3N2O2. The molecule has 7 heteroatoms. The van der Waals surface area contributed by atoms with E-state index in [4.69, 9.17) is 4.74 Å². The van der Waals surface area contributed by atoms with Crippen molar-refractivity contribution >= 4 is 6.03 Å². The van der Waals surface area contributed by atoms with E-state index in [1.54, 1.807) is 19.9 Å². The summed E-state index contributed by atoms with van der Waals surface area (Å²) in [6, 6.07) is 3.70. The topological polar surface area (TPSA) is 50.4 Å². The second-order valence-corrected chi connectivity index (χ2v) is 4.82. The van der Waals surface area contributed by atoms with Crippen molar-refractivity contribution in [3.8, 4) is 0 Å². The lowest BCUT2D eigenvalue weighted by Crippen LogP contribution is -2.43. The minimum atomic E-state index is -4.40. The molecule has 0 aromatic heterocycles. The zero-order valence-corrected chi connectivity index (χ0v) is 12.1. The summed E-state index contributed by atoms with van der Waals surface area (Å²) in [4.78, 5) is 11.7. The first kappa shape index (κ1) is 17.3. The molecule has 0 radical (unpaired) electrons. The lowest BCUT2D eigenvalue weighted by molar-refractivity contribution is -0.137. The molecule has 118 valence electrons. The third kappa shape index (κ3) is 5.63. The van der Waals surface area contributed by atoms with Crippen LogP contribution >= 0.6 is 0 Å². The maximum absolute atomic E-state index is 12.6. The van der Waals surface area contributed by atoms with Crippen LogP contribution in [0.1, 0.15) is 31.0 Å². The summed E-state index contributed by atoms with van der Waals surface area (Å²) < 4.78 is 42.8. The second kappa shape index (κ2) is 7.31. The molecule has 1 aromatic carbocycles. The van der Waals surface area contributed by atoms with Gasteiger partial charge >= 0.3 is 12.2 Å². The standard InChI is InChI=1S/C14H19F3N2O2/c1-9(8-21-3)18-13(20)19-10(2)11-5-4-6-12(7-11)14(15,16)17/h4-7,9-10H,8H2,1-3H3,(H2,18,19,20). The first-order chi connectivity index (χ1) is 9.74. The van der Waals surface area contributed by atoms with E-state index in [0.717, 1.165) is 12.1 Å². The molecule has 4 nitrogen and oxygen atoms in total. The van der Waals surface area contributed by atoms with Gasteiger partial charge in [0, 0.05) is 7.11 Å². The SMILES string of the molecule is COCC(C)NC(=O)NC(C)c1cccc(C(F)(F)F)c1. The molecular weight excluding hydrogens is 285 g/mol. The highest BCUT2D eigenvalue weighted by Crippen LogP contribution is 2.30. The highest BCUT2D eigenvalue weighted by atomic mass is 19.4. The number of methoxy groups -OCH3 is 1. The number of hydrogen-bond acceptors (Lipinski definition) is 2. The van der Waals surface area contributed by atoms with Crippen LogP contribution in [-0.4, -0.2) is 25.8 Å². The molecule has 2 N–H and O–H groups in total. The molecule has 2 unspecified atom stereocenters. The monoisotopic (exact) mass is 304 g/mol. The minimum Gasteiger partial charge on any atom is -0.383 e. The van der Waals surface area contributed by atoms with E-state index in [9.17, 15) is 18.0 Å². The third-order valence-electron chi connectivity index (χ3n) is 2.86. The van der Waals surface area contributed by atoms with Gasteiger partial charge < -0.3 is 15.4 Å². The van der Waals surface area contributed by atoms with E-state index in [2.05, 4.69) is 10.6 Å². The number of halogens is 3. The number of ether oxygens (including phenoxy) is 1. The fourth-order valence-corrected chi connectivity index (χ4v) is 1.82. The van der Waals surface area contributed by atoms with Crippen molar-refractivity contribution in [1.29, 1.82) is 0 Å². The van der Waals surface area contributed by atoms with Gasteiger partial charge in [-0.15, -0.1) is 0 Å². The summed E-state index contributed by atoms with van der Waals surface area (Å²) in [6.45, 7) is 3.74. The summed E-state index contributed by atoms with van der Waals surface area (Å²) in [5.74, 6) is 0. The van der Waals surface area contributed by atoms with E-state index in [1.165, 1.54) is 13.2 Å². The summed E-state index contributed by atoms with van der Waals surface area (Å²) in [6.07, 6.45) is -4.40. The lowest BCUT2D eigenvalue weighted by atomic mass is 10.1. The number of carbonyl (C=O) groups is 1. The molecule has 0 aliphatic rings. The summed E-state index contributed by atoms with van der Waals surface area (Å²) >= 11 is 0. The number of amides is 2. The Morgan fingerprint density at radius 3 is 2.52 bits per heavy atom. The highest BCUT2D eigenvalue weighted by Gasteiger charge is 2.30. The average Bonchev–Trinajstić information content (AvgIpc) is 2.37. The van der Waals surface area contributed by atoms with Crippen molar-refractivity contribution in [3.05, 3.63) is 35.4 Å². The third-order valence-corrected chi connectivity index (χ3v) is 2.86. The number of nitrogens with one attached hydrogen (secondary N) is 2. The van der Waals surface area contributed by atoms with E-state index in [-0.39, 0.29) is 6.04 Å². The Balaban J connectivity index is 2.67. The zero-order chi connectivity index (χ0) is 16.0. The van der Waals surface area contributed by atoms with Crippen LogP contribution in [0.4, 0.5) is 18.0 Å². The molecule has 2 atom stereocenters. The van der Waals surface area contributed by atoms with Crippen LogP contribution in [-0.2, 0) is 10.9 Å². The molecule has 0 aliphatic heterocycles. The van der Waals surface area contributed by atoms with Crippen LogP contribution in [0.2, 0.25) is 0 Å². The summed E-state index contributed by atoms with van der Waals surface area (Å²) in [5, 5.41) is 5.22. The molecule has 1 aromatic rings. The quantitative estimate of drug-likeness (QED) is 0.878. The smallest absolute Gasteiger partial charge is 0.383 e. The van der Waals surface area contributed by atoms with Gasteiger partial charge in [-0.3, -0.25) is 0 Å². The van der Waals surface area contributed by atoms with E-state index < -0.39 is 23.8 Å². The molecule has 1 rings (SSSR count). The largest absolute Gasteiger partial charge is 0.416 e. The van der Waals surface area contributed by atoms with E-state index in [0.29, 0.717) is 12.2 Å². The fraction of sp³-hybridized carbons (Fsp3) is 0.500. The predicted molar refractivity (Wildman–Crippen MR) is 72.9 cm³/mol. The first-order valence-corrected chi connectivity index (χ1v) is 6.47. The highest BCUT2D eigenvalue weighted by molar-refractivity contribution is 5.74. The predicted octanol–water partition coefficient (Wildman–Crippen LogP) is 3.10. The van der Waals surface area contributed by atoms with Gasteiger partial charge in [0.15, 0.2) is 0 Å². The Hall–Kier alpha value is -1.76. The molecule has 0 saturated carbocycles. The van der Waals surface area contributed by atoms with Crippen LogP contribution in [0.5, 0.6) is 0 Å². The van der Waals surface area contributed by atoms with Gasteiger partial charge in [-0.05, 0) is 31.5 Å². The Morgan fingerprint density at radius 1 is 1.29 bits per heavy atom. The average molecular weight is 304 g/mol. The normalized spacial score (nSPS) is 14.4. The summed E-state index contributed by atoms with van der Waals surface area (Å²) in [5.41, 5.74) is -0.346. The molecule has 0 fully saturated rings. The van der Waals surface area contributed by atoms with Crippen molar-refractivity contribution in [2.45, 2.75) is 32.1 Å². The number of rotatable bonds is 5. The molecule has 0 heterocycles. The Morgan fingerprint density at radius 2 is 1.95 bits per heavy atom. The number of alkyl halides is 3. The molecule has 0 spiro atoms. The number of hydrogen-bond donors (Lipinski definition) is 2. The van der Waals surface area contributed by atoms with Crippen molar-refractivity contribution in [1.82, 2.24) is 10.6 Å². The van der Waals surface area contributed by atoms with Gasteiger partial charge in [0.25, 0.3) is 0 Å². The van der Waals surface area contributed by atoms with Gasteiger partial charge in [-0.2, -0.15) is 13.2 Å².